The van der Waals surface area contributed by atoms with Crippen LogP contribution in [-0.2, 0) is 6.54 Å². The van der Waals surface area contributed by atoms with E-state index < -0.39 is 0 Å². The van der Waals surface area contributed by atoms with Crippen molar-refractivity contribution in [1.29, 1.82) is 0 Å². The lowest BCUT2D eigenvalue weighted by Crippen LogP contribution is -3.11. The topological polar surface area (TPSA) is 48.0 Å². The van der Waals surface area contributed by atoms with E-state index in [9.17, 15) is 0 Å². The van der Waals surface area contributed by atoms with Crippen LogP contribution in [0.3, 0.4) is 0 Å². The smallest absolute Gasteiger partial charge is 0.211 e. The predicted molar refractivity (Wildman–Crippen MR) is 116 cm³/mol. The van der Waals surface area contributed by atoms with Gasteiger partial charge in [0.25, 0.3) is 0 Å². The molecule has 4 aromatic rings. The fraction of sp³-hybridized carbons (Fsp3) is 0.318. The van der Waals surface area contributed by atoms with Crippen molar-refractivity contribution in [2.24, 2.45) is 0 Å². The van der Waals surface area contributed by atoms with Gasteiger partial charge in [-0.1, -0.05) is 60.3 Å². The summed E-state index contributed by atoms with van der Waals surface area (Å²) in [5.41, 5.74) is 4.20. The first-order valence-electron chi connectivity index (χ1n) is 9.92. The average Bonchev–Trinajstić information content (AvgIpc) is 3.05. The van der Waals surface area contributed by atoms with Crippen LogP contribution in [-0.4, -0.2) is 45.1 Å². The number of para-hydroxylation sites is 1. The van der Waals surface area contributed by atoms with Crippen LogP contribution in [0.1, 0.15) is 19.4 Å². The minimum absolute atomic E-state index is 0.760. The van der Waals surface area contributed by atoms with Gasteiger partial charge in [0.05, 0.1) is 30.9 Å². The lowest BCUT2D eigenvalue weighted by atomic mass is 10.2. The van der Waals surface area contributed by atoms with Crippen molar-refractivity contribution in [2.75, 3.05) is 25.4 Å². The van der Waals surface area contributed by atoms with Gasteiger partial charge in [-0.2, -0.15) is 0 Å². The van der Waals surface area contributed by atoms with Crippen LogP contribution < -0.4 is 4.90 Å². The average molecular weight is 393 g/mol. The molecule has 0 saturated heterocycles. The number of rotatable bonds is 8. The fourth-order valence-electron chi connectivity index (χ4n) is 3.57. The molecule has 0 amide bonds. The van der Waals surface area contributed by atoms with Crippen LogP contribution in [0.5, 0.6) is 0 Å². The third-order valence-electron chi connectivity index (χ3n) is 5.22. The van der Waals surface area contributed by atoms with Crippen LogP contribution in [0.2, 0.25) is 0 Å². The van der Waals surface area contributed by atoms with Crippen LogP contribution in [0, 0.1) is 0 Å². The molecule has 2 heterocycles. The summed E-state index contributed by atoms with van der Waals surface area (Å²) < 4.78 is 2.26. The van der Waals surface area contributed by atoms with E-state index in [0.29, 0.717) is 0 Å². The van der Waals surface area contributed by atoms with Gasteiger partial charge in [-0.3, -0.25) is 0 Å². The van der Waals surface area contributed by atoms with Crippen LogP contribution in [0.25, 0.3) is 22.1 Å². The van der Waals surface area contributed by atoms with Gasteiger partial charge >= 0.3 is 0 Å². The number of nitrogens with zero attached hydrogens (tertiary/aromatic N) is 4. The fourth-order valence-corrected chi connectivity index (χ4v) is 4.39. The standard InChI is InChI=1S/C22H25N5S/c1-3-26(4-2)14-15-28-22-23-21-20(24-25-22)18-12-8-9-13-19(18)27(21)16-17-10-6-5-7-11-17/h5-13H,3-4,14-16H2,1-2H3/p+1. The second-order valence-electron chi connectivity index (χ2n) is 6.91. The third-order valence-corrected chi connectivity index (χ3v) is 6.06. The van der Waals surface area contributed by atoms with E-state index in [1.54, 1.807) is 16.7 Å². The molecule has 0 aliphatic carbocycles. The van der Waals surface area contributed by atoms with E-state index in [0.717, 1.165) is 59.2 Å². The van der Waals surface area contributed by atoms with Gasteiger partial charge in [0.15, 0.2) is 5.65 Å². The Morgan fingerprint density at radius 2 is 1.68 bits per heavy atom. The quantitative estimate of drug-likeness (QED) is 0.468. The maximum absolute atomic E-state index is 4.90. The Hall–Kier alpha value is -2.44. The molecule has 0 atom stereocenters. The summed E-state index contributed by atoms with van der Waals surface area (Å²) in [4.78, 5) is 6.50. The number of quaternary nitrogens is 1. The van der Waals surface area contributed by atoms with Crippen LogP contribution in [0.15, 0.2) is 59.8 Å². The lowest BCUT2D eigenvalue weighted by molar-refractivity contribution is -0.893. The third kappa shape index (κ3) is 3.88. The second-order valence-corrected chi connectivity index (χ2v) is 7.97. The largest absolute Gasteiger partial charge is 0.335 e. The maximum Gasteiger partial charge on any atom is 0.211 e. The molecule has 0 fully saturated rings. The second kappa shape index (κ2) is 8.71. The zero-order valence-electron chi connectivity index (χ0n) is 16.4. The number of hydrogen-bond donors (Lipinski definition) is 1. The molecule has 1 N–H and O–H groups in total. The van der Waals surface area contributed by atoms with Crippen molar-refractivity contribution in [2.45, 2.75) is 25.5 Å². The van der Waals surface area contributed by atoms with E-state index in [-0.39, 0.29) is 0 Å². The molecule has 144 valence electrons. The molecule has 0 aliphatic heterocycles. The molecular weight excluding hydrogens is 366 g/mol. The number of aromatic nitrogens is 4. The Morgan fingerprint density at radius 1 is 0.929 bits per heavy atom. The number of hydrogen-bond acceptors (Lipinski definition) is 4. The summed E-state index contributed by atoms with van der Waals surface area (Å²) in [6.45, 7) is 8.66. The lowest BCUT2D eigenvalue weighted by Gasteiger charge is -2.14. The molecule has 5 nitrogen and oxygen atoms in total. The molecule has 0 spiro atoms. The van der Waals surface area contributed by atoms with Crippen LogP contribution >= 0.6 is 11.8 Å². The van der Waals surface area contributed by atoms with Gasteiger partial charge in [0.1, 0.15) is 5.52 Å². The van der Waals surface area contributed by atoms with E-state index in [4.69, 9.17) is 4.98 Å². The first-order valence-corrected chi connectivity index (χ1v) is 10.9. The summed E-state index contributed by atoms with van der Waals surface area (Å²) in [5, 5.41) is 10.8. The van der Waals surface area contributed by atoms with E-state index >= 15 is 0 Å². The van der Waals surface area contributed by atoms with Gasteiger partial charge in [0, 0.05) is 11.9 Å². The highest BCUT2D eigenvalue weighted by Gasteiger charge is 2.15. The van der Waals surface area contributed by atoms with Crippen molar-refractivity contribution >= 4 is 33.8 Å². The van der Waals surface area contributed by atoms with E-state index in [1.165, 1.54) is 5.56 Å². The number of thioether (sulfide) groups is 1. The van der Waals surface area contributed by atoms with Gasteiger partial charge in [-0.05, 0) is 25.5 Å². The first-order chi connectivity index (χ1) is 13.8. The highest BCUT2D eigenvalue weighted by molar-refractivity contribution is 7.99. The number of nitrogens with one attached hydrogen (secondary N) is 1. The Morgan fingerprint density at radius 3 is 2.46 bits per heavy atom. The predicted octanol–water partition coefficient (Wildman–Crippen LogP) is 3.04. The summed E-state index contributed by atoms with van der Waals surface area (Å²) in [5.74, 6) is 1.00. The monoisotopic (exact) mass is 392 g/mol. The molecule has 0 unspecified atom stereocenters. The zero-order chi connectivity index (χ0) is 19.3. The maximum atomic E-state index is 4.90. The summed E-state index contributed by atoms with van der Waals surface area (Å²) in [7, 11) is 0. The Kier molecular flexibility index (Phi) is 5.88. The zero-order valence-corrected chi connectivity index (χ0v) is 17.2. The van der Waals surface area contributed by atoms with Gasteiger partial charge in [-0.25, -0.2) is 4.98 Å². The minimum atomic E-state index is 0.760. The molecule has 28 heavy (non-hydrogen) atoms. The molecule has 0 radical (unpaired) electrons. The van der Waals surface area contributed by atoms with Crippen molar-refractivity contribution < 1.29 is 4.90 Å². The van der Waals surface area contributed by atoms with Crippen molar-refractivity contribution in [3.63, 3.8) is 0 Å². The Labute approximate surface area is 169 Å². The Bertz CT molecular complexity index is 1060. The Balaban J connectivity index is 1.68. The van der Waals surface area contributed by atoms with Gasteiger partial charge in [-0.15, -0.1) is 10.2 Å². The van der Waals surface area contributed by atoms with E-state index in [1.807, 2.05) is 12.1 Å². The van der Waals surface area contributed by atoms with E-state index in [2.05, 4.69) is 71.1 Å². The van der Waals surface area contributed by atoms with Gasteiger partial charge < -0.3 is 9.47 Å². The van der Waals surface area contributed by atoms with Gasteiger partial charge in [0.2, 0.25) is 5.16 Å². The van der Waals surface area contributed by atoms with Crippen LogP contribution in [0.4, 0.5) is 0 Å². The summed E-state index contributed by atoms with van der Waals surface area (Å²) in [6, 6.07) is 18.9. The summed E-state index contributed by atoms with van der Waals surface area (Å²) >= 11 is 1.70. The molecule has 0 aliphatic rings. The highest BCUT2D eigenvalue weighted by Crippen LogP contribution is 2.27. The molecule has 4 rings (SSSR count). The molecular formula is C22H26N5S+. The number of benzene rings is 2. The minimum Gasteiger partial charge on any atom is -0.335 e. The van der Waals surface area contributed by atoms with Crippen molar-refractivity contribution in [3.05, 3.63) is 60.2 Å². The molecule has 0 saturated carbocycles. The number of fused-ring (bicyclic) bond motifs is 3. The molecule has 0 bridgehead atoms. The molecule has 2 aromatic carbocycles. The summed E-state index contributed by atoms with van der Waals surface area (Å²) in [6.07, 6.45) is 0. The highest BCUT2D eigenvalue weighted by atomic mass is 32.2. The molecule has 2 aromatic heterocycles. The van der Waals surface area contributed by atoms with Crippen molar-refractivity contribution in [1.82, 2.24) is 19.7 Å². The molecule has 6 heteroatoms. The van der Waals surface area contributed by atoms with Crippen molar-refractivity contribution in [3.8, 4) is 0 Å². The normalized spacial score (nSPS) is 11.7. The first kappa shape index (κ1) is 18.9. The SMILES string of the molecule is CC[NH+](CC)CCSc1nnc2c3ccccc3n(Cc3ccccc3)c2n1.